The van der Waals surface area contributed by atoms with Crippen LogP contribution in [0.1, 0.15) is 37.2 Å². The van der Waals surface area contributed by atoms with E-state index < -0.39 is 10.0 Å². The fraction of sp³-hybridized carbons (Fsp3) is 0.391. The molecule has 2 heterocycles. The summed E-state index contributed by atoms with van der Waals surface area (Å²) in [4.78, 5) is 22.6. The number of nitrogens with one attached hydrogen (secondary N) is 2. The summed E-state index contributed by atoms with van der Waals surface area (Å²) < 4.78 is 28.0. The Morgan fingerprint density at radius 2 is 1.94 bits per heavy atom. The van der Waals surface area contributed by atoms with Gasteiger partial charge in [0, 0.05) is 13.1 Å². The minimum Gasteiger partial charge on any atom is -0.309 e. The van der Waals surface area contributed by atoms with Crippen LogP contribution in [0.2, 0.25) is 0 Å². The Morgan fingerprint density at radius 3 is 2.71 bits per heavy atom. The predicted octanol–water partition coefficient (Wildman–Crippen LogP) is 2.98. The van der Waals surface area contributed by atoms with Crippen LogP contribution >= 0.6 is 0 Å². The van der Waals surface area contributed by atoms with Crippen molar-refractivity contribution >= 4 is 20.9 Å². The van der Waals surface area contributed by atoms with Crippen LogP contribution in [-0.2, 0) is 10.0 Å². The molecule has 164 valence electrons. The summed E-state index contributed by atoms with van der Waals surface area (Å²) in [7, 11) is -3.52. The van der Waals surface area contributed by atoms with Crippen molar-refractivity contribution in [1.82, 2.24) is 19.6 Å². The Morgan fingerprint density at radius 1 is 1.19 bits per heavy atom. The number of nitrogens with zero attached hydrogens (tertiary/aromatic N) is 2. The van der Waals surface area contributed by atoms with Crippen molar-refractivity contribution in [1.29, 1.82) is 0 Å². The quantitative estimate of drug-likeness (QED) is 0.614. The zero-order valence-corrected chi connectivity index (χ0v) is 18.7. The number of aromatic amines is 1. The van der Waals surface area contributed by atoms with Crippen molar-refractivity contribution < 1.29 is 8.42 Å². The van der Waals surface area contributed by atoms with Gasteiger partial charge in [-0.05, 0) is 63.4 Å². The molecule has 0 spiro atoms. The summed E-state index contributed by atoms with van der Waals surface area (Å²) in [5.41, 5.74) is 1.58. The summed E-state index contributed by atoms with van der Waals surface area (Å²) in [6, 6.07) is 14.1. The van der Waals surface area contributed by atoms with Gasteiger partial charge in [-0.1, -0.05) is 29.8 Å². The number of benzene rings is 2. The molecule has 0 aliphatic carbocycles. The standard InChI is InChI=1S/C23H28N4O3S/c1-16-9-11-19(12-10-16)31(29,30)24-14-18-6-5-13-27(15-18)17(2)22-25-21-8-4-3-7-20(21)23(28)26-22/h3-4,7-12,17-18,24H,5-6,13-15H2,1-2H3,(H,25,26,28). The van der Waals surface area contributed by atoms with Crippen molar-refractivity contribution in [2.75, 3.05) is 19.6 Å². The van der Waals surface area contributed by atoms with Crippen molar-refractivity contribution in [3.05, 3.63) is 70.3 Å². The van der Waals surface area contributed by atoms with E-state index in [1.807, 2.05) is 32.0 Å². The van der Waals surface area contributed by atoms with Gasteiger partial charge < -0.3 is 4.98 Å². The lowest BCUT2D eigenvalue weighted by molar-refractivity contribution is 0.128. The topological polar surface area (TPSA) is 95.2 Å². The first kappa shape index (κ1) is 21.7. The summed E-state index contributed by atoms with van der Waals surface area (Å²) in [6.45, 7) is 5.99. The van der Waals surface area contributed by atoms with E-state index in [1.54, 1.807) is 30.3 Å². The third kappa shape index (κ3) is 4.87. The number of hydrogen-bond donors (Lipinski definition) is 2. The number of H-pyrrole nitrogens is 1. The molecule has 2 aromatic carbocycles. The first-order valence-electron chi connectivity index (χ1n) is 10.6. The van der Waals surface area contributed by atoms with E-state index in [1.165, 1.54) is 0 Å². The lowest BCUT2D eigenvalue weighted by Gasteiger charge is -2.36. The van der Waals surface area contributed by atoms with Crippen LogP contribution in [0.4, 0.5) is 0 Å². The number of likely N-dealkylation sites (tertiary alicyclic amines) is 1. The smallest absolute Gasteiger partial charge is 0.258 e. The monoisotopic (exact) mass is 440 g/mol. The van der Waals surface area contributed by atoms with Gasteiger partial charge in [-0.25, -0.2) is 18.1 Å². The van der Waals surface area contributed by atoms with Crippen molar-refractivity contribution in [2.24, 2.45) is 5.92 Å². The number of rotatable bonds is 6. The van der Waals surface area contributed by atoms with Gasteiger partial charge in [-0.2, -0.15) is 0 Å². The highest BCUT2D eigenvalue weighted by Crippen LogP contribution is 2.25. The van der Waals surface area contributed by atoms with Gasteiger partial charge in [-0.3, -0.25) is 9.69 Å². The van der Waals surface area contributed by atoms with Gasteiger partial charge in [0.05, 0.1) is 21.8 Å². The van der Waals surface area contributed by atoms with E-state index >= 15 is 0 Å². The molecule has 8 heteroatoms. The molecular formula is C23H28N4O3S. The zero-order valence-electron chi connectivity index (χ0n) is 17.8. The summed E-state index contributed by atoms with van der Waals surface area (Å²) in [6.07, 6.45) is 1.93. The maximum atomic E-state index is 12.6. The first-order valence-corrected chi connectivity index (χ1v) is 12.1. The Bertz CT molecular complexity index is 1220. The Hall–Kier alpha value is -2.55. The van der Waals surface area contributed by atoms with E-state index in [2.05, 4.69) is 19.6 Å². The third-order valence-electron chi connectivity index (χ3n) is 6.02. The van der Waals surface area contributed by atoms with Gasteiger partial charge in [-0.15, -0.1) is 0 Å². The SMILES string of the molecule is Cc1ccc(S(=O)(=O)NCC2CCCN(C(C)c3nc4ccccc4c(=O)[nH]3)C2)cc1. The molecule has 1 fully saturated rings. The van der Waals surface area contributed by atoms with Crippen LogP contribution in [0.15, 0.2) is 58.2 Å². The van der Waals surface area contributed by atoms with Gasteiger partial charge in [0.25, 0.3) is 5.56 Å². The molecule has 1 saturated heterocycles. The minimum atomic E-state index is -3.52. The van der Waals surface area contributed by atoms with Crippen molar-refractivity contribution in [2.45, 2.75) is 37.6 Å². The molecule has 3 aromatic rings. The molecule has 2 unspecified atom stereocenters. The van der Waals surface area contributed by atoms with E-state index in [9.17, 15) is 13.2 Å². The Labute approximate surface area is 182 Å². The van der Waals surface area contributed by atoms with Crippen molar-refractivity contribution in [3.8, 4) is 0 Å². The van der Waals surface area contributed by atoms with E-state index in [4.69, 9.17) is 0 Å². The summed E-state index contributed by atoms with van der Waals surface area (Å²) >= 11 is 0. The summed E-state index contributed by atoms with van der Waals surface area (Å²) in [5, 5.41) is 0.584. The van der Waals surface area contributed by atoms with Gasteiger partial charge >= 0.3 is 0 Å². The first-order chi connectivity index (χ1) is 14.8. The van der Waals surface area contributed by atoms with E-state index in [0.717, 1.165) is 31.5 Å². The van der Waals surface area contributed by atoms with Gasteiger partial charge in [0.1, 0.15) is 5.82 Å². The summed E-state index contributed by atoms with van der Waals surface area (Å²) in [5.74, 6) is 0.841. The highest BCUT2D eigenvalue weighted by atomic mass is 32.2. The van der Waals surface area contributed by atoms with E-state index in [-0.39, 0.29) is 22.4 Å². The second kappa shape index (κ2) is 8.90. The largest absolute Gasteiger partial charge is 0.309 e. The van der Waals surface area contributed by atoms with Crippen LogP contribution in [0.3, 0.4) is 0 Å². The number of aryl methyl sites for hydroxylation is 1. The van der Waals surface area contributed by atoms with Crippen LogP contribution in [0.25, 0.3) is 10.9 Å². The fourth-order valence-electron chi connectivity index (χ4n) is 4.12. The molecule has 2 N–H and O–H groups in total. The molecule has 1 aliphatic rings. The van der Waals surface area contributed by atoms with Gasteiger partial charge in [0.2, 0.25) is 10.0 Å². The number of hydrogen-bond acceptors (Lipinski definition) is 5. The van der Waals surface area contributed by atoms with E-state index in [0.29, 0.717) is 23.3 Å². The highest BCUT2D eigenvalue weighted by Gasteiger charge is 2.27. The number of para-hydroxylation sites is 1. The molecule has 2 atom stereocenters. The highest BCUT2D eigenvalue weighted by molar-refractivity contribution is 7.89. The Balaban J connectivity index is 1.43. The lowest BCUT2D eigenvalue weighted by Crippen LogP contribution is -2.42. The maximum Gasteiger partial charge on any atom is 0.258 e. The molecular weight excluding hydrogens is 412 g/mol. The number of fused-ring (bicyclic) bond motifs is 1. The third-order valence-corrected chi connectivity index (χ3v) is 7.46. The average Bonchev–Trinajstić information content (AvgIpc) is 2.78. The number of piperidine rings is 1. The average molecular weight is 441 g/mol. The van der Waals surface area contributed by atoms with Crippen molar-refractivity contribution in [3.63, 3.8) is 0 Å². The molecule has 1 aliphatic heterocycles. The molecule has 0 saturated carbocycles. The normalized spacial score (nSPS) is 18.8. The second-order valence-corrected chi connectivity index (χ2v) is 10.1. The molecule has 1 aromatic heterocycles. The van der Waals surface area contributed by atoms with Crippen LogP contribution in [0.5, 0.6) is 0 Å². The molecule has 0 radical (unpaired) electrons. The van der Waals surface area contributed by atoms with Crippen LogP contribution < -0.4 is 10.3 Å². The Kier molecular flexibility index (Phi) is 6.22. The molecule has 4 rings (SSSR count). The molecule has 0 amide bonds. The number of aromatic nitrogens is 2. The van der Waals surface area contributed by atoms with Crippen LogP contribution in [0, 0.1) is 12.8 Å². The van der Waals surface area contributed by atoms with Gasteiger partial charge in [0.15, 0.2) is 0 Å². The van der Waals surface area contributed by atoms with Crippen LogP contribution in [-0.4, -0.2) is 42.9 Å². The maximum absolute atomic E-state index is 12.6. The number of sulfonamides is 1. The molecule has 0 bridgehead atoms. The fourth-order valence-corrected chi connectivity index (χ4v) is 5.24. The zero-order chi connectivity index (χ0) is 22.0. The second-order valence-electron chi connectivity index (χ2n) is 8.31. The predicted molar refractivity (Wildman–Crippen MR) is 121 cm³/mol. The minimum absolute atomic E-state index is 0.0613. The molecule has 31 heavy (non-hydrogen) atoms. The molecule has 7 nitrogen and oxygen atoms in total. The lowest BCUT2D eigenvalue weighted by atomic mass is 9.97.